The topological polar surface area (TPSA) is 69.0 Å². The van der Waals surface area contributed by atoms with Crippen LogP contribution in [0.4, 0.5) is 0 Å². The molecule has 23 heavy (non-hydrogen) atoms. The third kappa shape index (κ3) is 3.85. The summed E-state index contributed by atoms with van der Waals surface area (Å²) < 4.78 is 7.95. The van der Waals surface area contributed by atoms with Gasteiger partial charge in [-0.3, -0.25) is 4.90 Å². The zero-order chi connectivity index (χ0) is 16.2. The van der Waals surface area contributed by atoms with Gasteiger partial charge in [0.05, 0.1) is 6.54 Å². The number of piperidine rings is 1. The van der Waals surface area contributed by atoms with Crippen LogP contribution in [0.1, 0.15) is 37.0 Å². The van der Waals surface area contributed by atoms with Crippen LogP contribution < -0.4 is 4.74 Å². The lowest BCUT2D eigenvalue weighted by molar-refractivity contribution is 0.0874. The molecule has 0 spiro atoms. The number of aryl methyl sites for hydroxylation is 2. The molecule has 0 radical (unpaired) electrons. The number of likely N-dealkylation sites (tertiary alicyclic amines) is 1. The van der Waals surface area contributed by atoms with E-state index in [0.717, 1.165) is 56.1 Å². The van der Waals surface area contributed by atoms with Crippen molar-refractivity contribution in [1.29, 1.82) is 0 Å². The fraction of sp³-hybridized carbons (Fsp3) is 0.625. The van der Waals surface area contributed by atoms with Gasteiger partial charge in [0, 0.05) is 32.5 Å². The van der Waals surface area contributed by atoms with E-state index in [-0.39, 0.29) is 6.10 Å². The summed E-state index contributed by atoms with van der Waals surface area (Å²) in [4.78, 5) is 10.9. The number of nitrogens with zero attached hydrogens (tertiary/aromatic N) is 6. The first-order valence-electron chi connectivity index (χ1n) is 8.20. The average Bonchev–Trinajstić information content (AvgIpc) is 2.89. The summed E-state index contributed by atoms with van der Waals surface area (Å²) in [5.74, 6) is 1.96. The molecule has 124 valence electrons. The van der Waals surface area contributed by atoms with E-state index in [4.69, 9.17) is 4.74 Å². The van der Waals surface area contributed by atoms with Crippen LogP contribution in [0, 0.1) is 6.92 Å². The quantitative estimate of drug-likeness (QED) is 0.833. The molecule has 0 amide bonds. The minimum atomic E-state index is 0.194. The Morgan fingerprint density at radius 3 is 2.43 bits per heavy atom. The van der Waals surface area contributed by atoms with Gasteiger partial charge in [-0.25, -0.2) is 9.97 Å². The maximum Gasteiger partial charge on any atom is 0.316 e. The molecule has 0 bridgehead atoms. The zero-order valence-corrected chi connectivity index (χ0v) is 14.1. The predicted molar refractivity (Wildman–Crippen MR) is 86.1 cm³/mol. The van der Waals surface area contributed by atoms with Gasteiger partial charge in [0.2, 0.25) is 0 Å². The summed E-state index contributed by atoms with van der Waals surface area (Å²) >= 11 is 0. The van der Waals surface area contributed by atoms with Crippen LogP contribution in [0.2, 0.25) is 0 Å². The molecule has 1 aliphatic heterocycles. The summed E-state index contributed by atoms with van der Waals surface area (Å²) in [5.41, 5.74) is 1.13. The van der Waals surface area contributed by atoms with E-state index >= 15 is 0 Å². The number of hydrogen-bond donors (Lipinski definition) is 0. The second-order valence-electron chi connectivity index (χ2n) is 6.04. The van der Waals surface area contributed by atoms with E-state index in [2.05, 4.69) is 32.0 Å². The largest absolute Gasteiger partial charge is 0.460 e. The Morgan fingerprint density at radius 1 is 1.17 bits per heavy atom. The Morgan fingerprint density at radius 2 is 1.87 bits per heavy atom. The summed E-state index contributed by atoms with van der Waals surface area (Å²) in [5, 5.41) is 8.34. The molecule has 2 aromatic rings. The minimum Gasteiger partial charge on any atom is -0.460 e. The molecule has 0 N–H and O–H groups in total. The molecule has 1 fully saturated rings. The van der Waals surface area contributed by atoms with Crippen molar-refractivity contribution in [3.8, 4) is 6.01 Å². The highest BCUT2D eigenvalue weighted by molar-refractivity contribution is 5.07. The third-order valence-electron chi connectivity index (χ3n) is 4.44. The van der Waals surface area contributed by atoms with Gasteiger partial charge in [0.1, 0.15) is 17.8 Å². The highest BCUT2D eigenvalue weighted by atomic mass is 16.5. The summed E-state index contributed by atoms with van der Waals surface area (Å²) in [6.07, 6.45) is 6.79. The van der Waals surface area contributed by atoms with Crippen molar-refractivity contribution in [1.82, 2.24) is 29.6 Å². The lowest BCUT2D eigenvalue weighted by Crippen LogP contribution is -2.38. The Kier molecular flexibility index (Phi) is 4.85. The molecule has 0 saturated carbocycles. The number of aromatic nitrogens is 5. The molecule has 0 unspecified atom stereocenters. The third-order valence-corrected chi connectivity index (χ3v) is 4.44. The molecule has 3 rings (SSSR count). The maximum absolute atomic E-state index is 5.90. The summed E-state index contributed by atoms with van der Waals surface area (Å²) in [6, 6.07) is 0.490. The first kappa shape index (κ1) is 15.9. The van der Waals surface area contributed by atoms with Crippen molar-refractivity contribution < 1.29 is 4.74 Å². The number of ether oxygens (including phenoxy) is 1. The van der Waals surface area contributed by atoms with Crippen molar-refractivity contribution in [3.63, 3.8) is 0 Å². The highest BCUT2D eigenvalue weighted by Gasteiger charge is 2.22. The molecule has 7 heteroatoms. The molecule has 0 aromatic carbocycles. The monoisotopic (exact) mass is 316 g/mol. The molecule has 0 atom stereocenters. The lowest BCUT2D eigenvalue weighted by Gasteiger charge is -2.31. The van der Waals surface area contributed by atoms with Crippen LogP contribution in [0.15, 0.2) is 12.4 Å². The van der Waals surface area contributed by atoms with Crippen molar-refractivity contribution in [2.75, 3.05) is 13.1 Å². The maximum atomic E-state index is 5.90. The normalized spacial score (nSPS) is 16.7. The van der Waals surface area contributed by atoms with Gasteiger partial charge in [-0.15, -0.1) is 10.2 Å². The van der Waals surface area contributed by atoms with Gasteiger partial charge in [-0.2, -0.15) is 0 Å². The van der Waals surface area contributed by atoms with Gasteiger partial charge in [0.25, 0.3) is 0 Å². The Labute approximate surface area is 136 Å². The van der Waals surface area contributed by atoms with Crippen LogP contribution >= 0.6 is 0 Å². The van der Waals surface area contributed by atoms with Crippen molar-refractivity contribution in [3.05, 3.63) is 29.6 Å². The van der Waals surface area contributed by atoms with Crippen LogP contribution in [0.5, 0.6) is 6.01 Å². The van der Waals surface area contributed by atoms with Gasteiger partial charge in [-0.1, -0.05) is 6.92 Å². The van der Waals surface area contributed by atoms with Crippen LogP contribution in [-0.2, 0) is 20.0 Å². The zero-order valence-electron chi connectivity index (χ0n) is 14.1. The molecule has 2 aromatic heterocycles. The van der Waals surface area contributed by atoms with Crippen LogP contribution in [0.3, 0.4) is 0 Å². The molecule has 7 nitrogen and oxygen atoms in total. The summed E-state index contributed by atoms with van der Waals surface area (Å²) in [6.45, 7) is 6.88. The fourth-order valence-corrected chi connectivity index (χ4v) is 2.71. The first-order valence-corrected chi connectivity index (χ1v) is 8.20. The standard InChI is InChI=1S/C16H24N6O/c1-4-13-9-17-16(18-10-13)23-14-5-7-22(8-6-14)11-15-20-19-12(2)21(15)3/h9-10,14H,4-8,11H2,1-3H3. The Balaban J connectivity index is 1.49. The Hall–Kier alpha value is -2.02. The lowest BCUT2D eigenvalue weighted by atomic mass is 10.1. The minimum absolute atomic E-state index is 0.194. The smallest absolute Gasteiger partial charge is 0.316 e. The van der Waals surface area contributed by atoms with Crippen molar-refractivity contribution in [2.45, 2.75) is 45.8 Å². The fourth-order valence-electron chi connectivity index (χ4n) is 2.71. The second kappa shape index (κ2) is 7.04. The molecule has 1 saturated heterocycles. The van der Waals surface area contributed by atoms with Gasteiger partial charge in [0.15, 0.2) is 0 Å². The van der Waals surface area contributed by atoms with Gasteiger partial charge >= 0.3 is 6.01 Å². The van der Waals surface area contributed by atoms with Crippen LogP contribution in [0.25, 0.3) is 0 Å². The van der Waals surface area contributed by atoms with Gasteiger partial charge < -0.3 is 9.30 Å². The second-order valence-corrected chi connectivity index (χ2v) is 6.04. The van der Waals surface area contributed by atoms with Crippen molar-refractivity contribution >= 4 is 0 Å². The van der Waals surface area contributed by atoms with Crippen molar-refractivity contribution in [2.24, 2.45) is 7.05 Å². The number of rotatable bonds is 5. The van der Waals surface area contributed by atoms with E-state index in [0.29, 0.717) is 6.01 Å². The van der Waals surface area contributed by atoms with E-state index in [1.165, 1.54) is 0 Å². The molecule has 0 aliphatic carbocycles. The van der Waals surface area contributed by atoms with E-state index in [1.807, 2.05) is 30.9 Å². The average molecular weight is 316 g/mol. The first-order chi connectivity index (χ1) is 11.2. The highest BCUT2D eigenvalue weighted by Crippen LogP contribution is 2.17. The SMILES string of the molecule is CCc1cnc(OC2CCN(Cc3nnc(C)n3C)CC2)nc1. The Bertz CT molecular complexity index is 631. The molecular weight excluding hydrogens is 292 g/mol. The van der Waals surface area contributed by atoms with E-state index in [9.17, 15) is 0 Å². The predicted octanol–water partition coefficient (Wildman–Crippen LogP) is 1.52. The summed E-state index contributed by atoms with van der Waals surface area (Å²) in [7, 11) is 2.01. The number of hydrogen-bond acceptors (Lipinski definition) is 6. The molecule has 3 heterocycles. The molecule has 1 aliphatic rings. The van der Waals surface area contributed by atoms with E-state index in [1.54, 1.807) is 0 Å². The van der Waals surface area contributed by atoms with Crippen LogP contribution in [-0.4, -0.2) is 48.8 Å². The van der Waals surface area contributed by atoms with E-state index < -0.39 is 0 Å². The molecular formula is C16H24N6O. The van der Waals surface area contributed by atoms with Gasteiger partial charge in [-0.05, 0) is 31.7 Å².